The minimum atomic E-state index is -0.506. The van der Waals surface area contributed by atoms with Crippen molar-refractivity contribution >= 4 is 23.2 Å². The van der Waals surface area contributed by atoms with Gasteiger partial charge in [0.15, 0.2) is 0 Å². The summed E-state index contributed by atoms with van der Waals surface area (Å²) in [7, 11) is 0. The van der Waals surface area contributed by atoms with Crippen molar-refractivity contribution in [1.29, 1.82) is 0 Å². The average molecular weight is 366 g/mol. The fourth-order valence-electron chi connectivity index (χ4n) is 2.89. The third-order valence-electron chi connectivity index (χ3n) is 4.25. The molecule has 1 fully saturated rings. The van der Waals surface area contributed by atoms with E-state index in [9.17, 15) is 14.0 Å². The summed E-state index contributed by atoms with van der Waals surface area (Å²) in [6.45, 7) is 0.239. The Balaban J connectivity index is 1.41. The lowest BCUT2D eigenvalue weighted by Crippen LogP contribution is -2.28. The van der Waals surface area contributed by atoms with Gasteiger partial charge in [-0.2, -0.15) is 5.10 Å². The third kappa shape index (κ3) is 3.52. The molecule has 1 unspecified atom stereocenters. The zero-order chi connectivity index (χ0) is 18.8. The third-order valence-corrected chi connectivity index (χ3v) is 4.25. The maximum Gasteiger partial charge on any atom is 0.250 e. The van der Waals surface area contributed by atoms with Gasteiger partial charge in [0.05, 0.1) is 24.0 Å². The van der Waals surface area contributed by atoms with Crippen LogP contribution in [0.4, 0.5) is 15.8 Å². The Morgan fingerprint density at radius 3 is 2.59 bits per heavy atom. The van der Waals surface area contributed by atoms with Crippen molar-refractivity contribution in [3.8, 4) is 5.95 Å². The van der Waals surface area contributed by atoms with Crippen LogP contribution in [0.1, 0.15) is 6.42 Å². The van der Waals surface area contributed by atoms with E-state index in [0.29, 0.717) is 17.3 Å². The molecule has 0 bridgehead atoms. The number of nitrogens with zero attached hydrogens (tertiary/aromatic N) is 5. The first-order valence-electron chi connectivity index (χ1n) is 8.29. The normalized spacial score (nSPS) is 16.6. The second-order valence-electron chi connectivity index (χ2n) is 6.09. The van der Waals surface area contributed by atoms with Gasteiger partial charge in [-0.3, -0.25) is 9.59 Å². The van der Waals surface area contributed by atoms with Gasteiger partial charge in [-0.05, 0) is 30.3 Å². The SMILES string of the molecule is O=C(Nc1cnc(-n2cccn2)nc1)C1CC(=O)N(c2ccc(F)cc2)C1. The zero-order valence-electron chi connectivity index (χ0n) is 14.1. The van der Waals surface area contributed by atoms with Crippen molar-refractivity contribution in [3.05, 3.63) is 60.9 Å². The van der Waals surface area contributed by atoms with Crippen molar-refractivity contribution in [3.63, 3.8) is 0 Å². The summed E-state index contributed by atoms with van der Waals surface area (Å²) in [5.74, 6) is -0.960. The van der Waals surface area contributed by atoms with Crippen molar-refractivity contribution in [1.82, 2.24) is 19.7 Å². The zero-order valence-corrected chi connectivity index (χ0v) is 14.1. The molecule has 2 amide bonds. The Labute approximate surface area is 153 Å². The van der Waals surface area contributed by atoms with Gasteiger partial charge in [0.25, 0.3) is 5.95 Å². The van der Waals surface area contributed by atoms with Gasteiger partial charge in [-0.25, -0.2) is 19.0 Å². The van der Waals surface area contributed by atoms with Crippen LogP contribution in [0.2, 0.25) is 0 Å². The summed E-state index contributed by atoms with van der Waals surface area (Å²) >= 11 is 0. The number of hydrogen-bond acceptors (Lipinski definition) is 5. The molecule has 0 aliphatic carbocycles. The Kier molecular flexibility index (Phi) is 4.33. The van der Waals surface area contributed by atoms with Gasteiger partial charge in [0.2, 0.25) is 11.8 Å². The van der Waals surface area contributed by atoms with Crippen LogP contribution in [0.25, 0.3) is 5.95 Å². The van der Waals surface area contributed by atoms with E-state index in [1.807, 2.05) is 0 Å². The van der Waals surface area contributed by atoms with Crippen LogP contribution in [0.15, 0.2) is 55.1 Å². The van der Waals surface area contributed by atoms with Gasteiger partial charge in [-0.1, -0.05) is 0 Å². The van der Waals surface area contributed by atoms with Crippen molar-refractivity contribution in [2.24, 2.45) is 5.92 Å². The average Bonchev–Trinajstić information content (AvgIpc) is 3.33. The minimum absolute atomic E-state index is 0.0927. The summed E-state index contributed by atoms with van der Waals surface area (Å²) in [5.41, 5.74) is 1.01. The largest absolute Gasteiger partial charge is 0.323 e. The highest BCUT2D eigenvalue weighted by molar-refractivity contribution is 6.03. The highest BCUT2D eigenvalue weighted by Crippen LogP contribution is 2.26. The number of halogens is 1. The van der Waals surface area contributed by atoms with Gasteiger partial charge < -0.3 is 10.2 Å². The van der Waals surface area contributed by atoms with Crippen LogP contribution in [-0.2, 0) is 9.59 Å². The number of amides is 2. The number of benzene rings is 1. The molecule has 1 aliphatic rings. The standard InChI is InChI=1S/C18H15FN6O2/c19-13-2-4-15(5-3-13)24-11-12(8-16(24)26)17(27)23-14-9-20-18(21-10-14)25-7-1-6-22-25/h1-7,9-10,12H,8,11H2,(H,23,27). The Morgan fingerprint density at radius 1 is 1.19 bits per heavy atom. The Morgan fingerprint density at radius 2 is 1.93 bits per heavy atom. The topological polar surface area (TPSA) is 93.0 Å². The molecule has 1 aromatic carbocycles. The highest BCUT2D eigenvalue weighted by atomic mass is 19.1. The molecular weight excluding hydrogens is 351 g/mol. The molecule has 1 atom stereocenters. The van der Waals surface area contributed by atoms with E-state index >= 15 is 0 Å². The first kappa shape index (κ1) is 16.8. The fraction of sp³-hybridized carbons (Fsp3) is 0.167. The molecule has 4 rings (SSSR count). The Bertz CT molecular complexity index is 957. The monoisotopic (exact) mass is 366 g/mol. The lowest BCUT2D eigenvalue weighted by atomic mass is 10.1. The molecular formula is C18H15FN6O2. The maximum absolute atomic E-state index is 13.1. The van der Waals surface area contributed by atoms with Gasteiger partial charge in [0.1, 0.15) is 5.82 Å². The van der Waals surface area contributed by atoms with Crippen LogP contribution in [-0.4, -0.2) is 38.1 Å². The summed E-state index contributed by atoms with van der Waals surface area (Å²) in [4.78, 5) is 34.5. The van der Waals surface area contributed by atoms with Crippen LogP contribution >= 0.6 is 0 Å². The summed E-state index contributed by atoms with van der Waals surface area (Å²) in [6, 6.07) is 7.37. The van der Waals surface area contributed by atoms with Gasteiger partial charge in [0, 0.05) is 31.0 Å². The number of anilines is 2. The van der Waals surface area contributed by atoms with Crippen molar-refractivity contribution in [2.75, 3.05) is 16.8 Å². The maximum atomic E-state index is 13.1. The number of carbonyl (C=O) groups is 2. The van der Waals surface area contributed by atoms with Crippen molar-refractivity contribution < 1.29 is 14.0 Å². The van der Waals surface area contributed by atoms with Crippen LogP contribution in [0.5, 0.6) is 0 Å². The quantitative estimate of drug-likeness (QED) is 0.760. The molecule has 2 aromatic heterocycles. The number of hydrogen-bond donors (Lipinski definition) is 1. The summed E-state index contributed by atoms with van der Waals surface area (Å²) in [5, 5.41) is 6.75. The molecule has 0 saturated carbocycles. The lowest BCUT2D eigenvalue weighted by Gasteiger charge is -2.16. The number of rotatable bonds is 4. The molecule has 8 nitrogen and oxygen atoms in total. The number of carbonyl (C=O) groups excluding carboxylic acids is 2. The molecule has 3 heterocycles. The lowest BCUT2D eigenvalue weighted by molar-refractivity contribution is -0.122. The first-order chi connectivity index (χ1) is 13.1. The van der Waals surface area contributed by atoms with Crippen LogP contribution in [0, 0.1) is 11.7 Å². The second-order valence-corrected chi connectivity index (χ2v) is 6.09. The predicted molar refractivity (Wildman–Crippen MR) is 94.6 cm³/mol. The molecule has 0 radical (unpaired) electrons. The Hall–Kier alpha value is -3.62. The first-order valence-corrected chi connectivity index (χ1v) is 8.29. The van der Waals surface area contributed by atoms with E-state index in [-0.39, 0.29) is 30.6 Å². The van der Waals surface area contributed by atoms with Gasteiger partial charge in [-0.15, -0.1) is 0 Å². The fourth-order valence-corrected chi connectivity index (χ4v) is 2.89. The van der Waals surface area contributed by atoms with Crippen LogP contribution in [0.3, 0.4) is 0 Å². The minimum Gasteiger partial charge on any atom is -0.323 e. The molecule has 136 valence electrons. The molecule has 1 N–H and O–H groups in total. The summed E-state index contributed by atoms with van der Waals surface area (Å²) < 4.78 is 14.6. The van der Waals surface area contributed by atoms with E-state index in [4.69, 9.17) is 0 Å². The molecule has 9 heteroatoms. The highest BCUT2D eigenvalue weighted by Gasteiger charge is 2.35. The van der Waals surface area contributed by atoms with E-state index < -0.39 is 5.92 Å². The van der Waals surface area contributed by atoms with Crippen LogP contribution < -0.4 is 10.2 Å². The molecule has 1 saturated heterocycles. The second kappa shape index (κ2) is 6.94. The molecule has 3 aromatic rings. The molecule has 1 aliphatic heterocycles. The number of nitrogens with one attached hydrogen (secondary N) is 1. The van der Waals surface area contributed by atoms with Gasteiger partial charge >= 0.3 is 0 Å². The van der Waals surface area contributed by atoms with E-state index in [0.717, 1.165) is 0 Å². The number of aromatic nitrogens is 4. The van der Waals surface area contributed by atoms with E-state index in [2.05, 4.69) is 20.4 Å². The predicted octanol–water partition coefficient (Wildman–Crippen LogP) is 1.79. The summed E-state index contributed by atoms with van der Waals surface area (Å²) in [6.07, 6.45) is 6.38. The smallest absolute Gasteiger partial charge is 0.250 e. The van der Waals surface area contributed by atoms with E-state index in [1.165, 1.54) is 46.2 Å². The molecule has 0 spiro atoms. The van der Waals surface area contributed by atoms with E-state index in [1.54, 1.807) is 18.5 Å². The van der Waals surface area contributed by atoms with Crippen molar-refractivity contribution in [2.45, 2.75) is 6.42 Å². The molecule has 27 heavy (non-hydrogen) atoms.